The van der Waals surface area contributed by atoms with Crippen molar-refractivity contribution in [3.8, 4) is 0 Å². The molecule has 0 spiro atoms. The summed E-state index contributed by atoms with van der Waals surface area (Å²) in [6.07, 6.45) is 2.05. The zero-order chi connectivity index (χ0) is 10.6. The van der Waals surface area contributed by atoms with Gasteiger partial charge in [-0.2, -0.15) is 0 Å². The maximum absolute atomic E-state index is 13.2. The Bertz CT molecular complexity index is 305. The van der Waals surface area contributed by atoms with Crippen molar-refractivity contribution < 1.29 is 9.50 Å². The molecule has 1 atom stereocenters. The number of pyridine rings is 1. The highest BCUT2D eigenvalue weighted by Crippen LogP contribution is 2.16. The average molecular weight is 219 g/mol. The fraction of sp³-hybridized carbons (Fsp3) is 0.444. The molecule has 1 aromatic heterocycles. The van der Waals surface area contributed by atoms with Crippen LogP contribution in [0.4, 0.5) is 10.2 Å². The number of anilines is 1. The topological polar surface area (TPSA) is 45.1 Å². The molecule has 0 saturated carbocycles. The summed E-state index contributed by atoms with van der Waals surface area (Å²) in [5.41, 5.74) is 0. The van der Waals surface area contributed by atoms with Crippen molar-refractivity contribution in [2.75, 3.05) is 11.9 Å². The summed E-state index contributed by atoms with van der Waals surface area (Å²) >= 11 is 5.54. The van der Waals surface area contributed by atoms with Crippen LogP contribution in [0.1, 0.15) is 13.3 Å². The highest BCUT2D eigenvalue weighted by atomic mass is 35.5. The SMILES string of the molecule is CCC(CO)Nc1ncc(Cl)cc1F. The Labute approximate surface area is 86.9 Å². The molecule has 2 N–H and O–H groups in total. The van der Waals surface area contributed by atoms with Crippen LogP contribution in [-0.2, 0) is 0 Å². The maximum Gasteiger partial charge on any atom is 0.166 e. The molecule has 1 heterocycles. The summed E-state index contributed by atoms with van der Waals surface area (Å²) in [6, 6.07) is 0.999. The van der Waals surface area contributed by atoms with Gasteiger partial charge in [0.25, 0.3) is 0 Å². The van der Waals surface area contributed by atoms with Crippen LogP contribution < -0.4 is 5.32 Å². The highest BCUT2D eigenvalue weighted by molar-refractivity contribution is 6.30. The minimum atomic E-state index is -0.510. The fourth-order valence-corrected chi connectivity index (χ4v) is 1.14. The van der Waals surface area contributed by atoms with Crippen LogP contribution in [0.25, 0.3) is 0 Å². The second-order valence-corrected chi connectivity index (χ2v) is 3.35. The van der Waals surface area contributed by atoms with Crippen molar-refractivity contribution in [3.05, 3.63) is 23.1 Å². The minimum Gasteiger partial charge on any atom is -0.394 e. The Morgan fingerprint density at radius 3 is 2.93 bits per heavy atom. The Balaban J connectivity index is 2.76. The van der Waals surface area contributed by atoms with Crippen LogP contribution in [0.3, 0.4) is 0 Å². The Hall–Kier alpha value is -0.870. The van der Waals surface area contributed by atoms with Crippen LogP contribution in [0.15, 0.2) is 12.3 Å². The van der Waals surface area contributed by atoms with Gasteiger partial charge in [0.05, 0.1) is 17.7 Å². The fourth-order valence-electron chi connectivity index (χ4n) is 0.991. The van der Waals surface area contributed by atoms with E-state index in [1.807, 2.05) is 6.92 Å². The molecule has 78 valence electrons. The summed E-state index contributed by atoms with van der Waals surface area (Å²) in [4.78, 5) is 3.78. The minimum absolute atomic E-state index is 0.0553. The van der Waals surface area contributed by atoms with Gasteiger partial charge in [0.1, 0.15) is 0 Å². The van der Waals surface area contributed by atoms with E-state index in [1.165, 1.54) is 12.3 Å². The third kappa shape index (κ3) is 2.82. The summed E-state index contributed by atoms with van der Waals surface area (Å²) in [5, 5.41) is 11.9. The van der Waals surface area contributed by atoms with Crippen molar-refractivity contribution in [3.63, 3.8) is 0 Å². The van der Waals surface area contributed by atoms with Gasteiger partial charge in [-0.25, -0.2) is 9.37 Å². The molecule has 5 heteroatoms. The van der Waals surface area contributed by atoms with Crippen molar-refractivity contribution in [1.82, 2.24) is 4.98 Å². The smallest absolute Gasteiger partial charge is 0.166 e. The van der Waals surface area contributed by atoms with Crippen LogP contribution in [0.2, 0.25) is 5.02 Å². The van der Waals surface area contributed by atoms with E-state index in [1.54, 1.807) is 0 Å². The third-order valence-electron chi connectivity index (χ3n) is 1.86. The van der Waals surface area contributed by atoms with Gasteiger partial charge in [-0.15, -0.1) is 0 Å². The predicted octanol–water partition coefficient (Wildman–Crippen LogP) is 2.06. The number of aromatic nitrogens is 1. The highest BCUT2D eigenvalue weighted by Gasteiger charge is 2.09. The lowest BCUT2D eigenvalue weighted by Gasteiger charge is -2.14. The number of nitrogens with one attached hydrogen (secondary N) is 1. The van der Waals surface area contributed by atoms with Gasteiger partial charge in [-0.1, -0.05) is 18.5 Å². The monoisotopic (exact) mass is 218 g/mol. The quantitative estimate of drug-likeness (QED) is 0.813. The van der Waals surface area contributed by atoms with Gasteiger partial charge in [0.15, 0.2) is 11.6 Å². The van der Waals surface area contributed by atoms with E-state index in [4.69, 9.17) is 16.7 Å². The molecule has 3 nitrogen and oxygen atoms in total. The summed E-state index contributed by atoms with van der Waals surface area (Å²) in [7, 11) is 0. The lowest BCUT2D eigenvalue weighted by Crippen LogP contribution is -2.23. The van der Waals surface area contributed by atoms with Crippen molar-refractivity contribution in [2.24, 2.45) is 0 Å². The Kier molecular flexibility index (Phi) is 4.10. The summed E-state index contributed by atoms with van der Waals surface area (Å²) in [6.45, 7) is 1.84. The van der Waals surface area contributed by atoms with E-state index in [9.17, 15) is 4.39 Å². The predicted molar refractivity (Wildman–Crippen MR) is 54.0 cm³/mol. The average Bonchev–Trinajstić information content (AvgIpc) is 2.17. The number of hydrogen-bond acceptors (Lipinski definition) is 3. The molecule has 0 radical (unpaired) electrons. The van der Waals surface area contributed by atoms with E-state index in [0.29, 0.717) is 6.42 Å². The summed E-state index contributed by atoms with van der Waals surface area (Å²) < 4.78 is 13.2. The maximum atomic E-state index is 13.2. The molecule has 0 fully saturated rings. The molecule has 0 aliphatic heterocycles. The van der Waals surface area contributed by atoms with Crippen LogP contribution in [0.5, 0.6) is 0 Å². The standard InChI is InChI=1S/C9H12ClFN2O/c1-2-7(5-14)13-9-8(11)3-6(10)4-12-9/h3-4,7,14H,2,5H2,1H3,(H,12,13). The molecule has 0 saturated heterocycles. The molecular formula is C9H12ClFN2O. The molecule has 0 bridgehead atoms. The number of nitrogens with zero attached hydrogens (tertiary/aromatic N) is 1. The molecule has 1 aromatic rings. The number of aliphatic hydroxyl groups is 1. The lowest BCUT2D eigenvalue weighted by atomic mass is 10.2. The molecule has 14 heavy (non-hydrogen) atoms. The third-order valence-corrected chi connectivity index (χ3v) is 2.07. The molecule has 0 aliphatic carbocycles. The first kappa shape index (κ1) is 11.2. The number of rotatable bonds is 4. The van der Waals surface area contributed by atoms with E-state index >= 15 is 0 Å². The number of aliphatic hydroxyl groups excluding tert-OH is 1. The largest absolute Gasteiger partial charge is 0.394 e. The van der Waals surface area contributed by atoms with Gasteiger partial charge >= 0.3 is 0 Å². The van der Waals surface area contributed by atoms with Crippen molar-refractivity contribution >= 4 is 17.4 Å². The number of hydrogen-bond donors (Lipinski definition) is 2. The first-order valence-corrected chi connectivity index (χ1v) is 4.73. The first-order valence-electron chi connectivity index (χ1n) is 4.35. The second kappa shape index (κ2) is 5.12. The van der Waals surface area contributed by atoms with Gasteiger partial charge in [-0.3, -0.25) is 0 Å². The van der Waals surface area contributed by atoms with Crippen molar-refractivity contribution in [1.29, 1.82) is 0 Å². The molecule has 0 aliphatic rings. The van der Waals surface area contributed by atoms with Gasteiger partial charge in [-0.05, 0) is 12.5 Å². The zero-order valence-corrected chi connectivity index (χ0v) is 8.55. The van der Waals surface area contributed by atoms with E-state index in [2.05, 4.69) is 10.3 Å². The van der Waals surface area contributed by atoms with Crippen LogP contribution >= 0.6 is 11.6 Å². The van der Waals surface area contributed by atoms with Gasteiger partial charge in [0.2, 0.25) is 0 Å². The Morgan fingerprint density at radius 2 is 2.43 bits per heavy atom. The van der Waals surface area contributed by atoms with Crippen molar-refractivity contribution in [2.45, 2.75) is 19.4 Å². The first-order chi connectivity index (χ1) is 6.67. The molecule has 1 rings (SSSR count). The molecule has 1 unspecified atom stereocenters. The normalized spacial score (nSPS) is 12.6. The Morgan fingerprint density at radius 1 is 1.71 bits per heavy atom. The molecule has 0 aromatic carbocycles. The lowest BCUT2D eigenvalue weighted by molar-refractivity contribution is 0.271. The zero-order valence-electron chi connectivity index (χ0n) is 7.80. The molecular weight excluding hydrogens is 207 g/mol. The summed E-state index contributed by atoms with van der Waals surface area (Å²) in [5.74, 6) is -0.389. The van der Waals surface area contributed by atoms with E-state index in [0.717, 1.165) is 0 Å². The van der Waals surface area contributed by atoms with Crippen LogP contribution in [0, 0.1) is 5.82 Å². The molecule has 0 amide bonds. The van der Waals surface area contributed by atoms with Gasteiger partial charge in [0, 0.05) is 6.20 Å². The van der Waals surface area contributed by atoms with Gasteiger partial charge < -0.3 is 10.4 Å². The second-order valence-electron chi connectivity index (χ2n) is 2.92. The number of halogens is 2. The van der Waals surface area contributed by atoms with E-state index in [-0.39, 0.29) is 23.5 Å². The van der Waals surface area contributed by atoms with E-state index < -0.39 is 5.82 Å². The van der Waals surface area contributed by atoms with Crippen LogP contribution in [-0.4, -0.2) is 22.7 Å².